The largest absolute Gasteiger partial charge is 0.366 e. The number of aryl methyl sites for hydroxylation is 2. The van der Waals surface area contributed by atoms with E-state index in [9.17, 15) is 14.4 Å². The van der Waals surface area contributed by atoms with Crippen LogP contribution in [0.3, 0.4) is 0 Å². The highest BCUT2D eigenvalue weighted by Gasteiger charge is 2.37. The lowest BCUT2D eigenvalue weighted by Crippen LogP contribution is -2.48. The van der Waals surface area contributed by atoms with Gasteiger partial charge in [-0.2, -0.15) is 0 Å². The maximum absolute atomic E-state index is 13.0. The van der Waals surface area contributed by atoms with Crippen LogP contribution in [0.2, 0.25) is 0 Å². The molecule has 0 radical (unpaired) electrons. The van der Waals surface area contributed by atoms with Crippen LogP contribution in [-0.4, -0.2) is 40.6 Å². The number of carbonyl (C=O) groups excluding carboxylic acids is 3. The van der Waals surface area contributed by atoms with Crippen LogP contribution in [0.1, 0.15) is 62.3 Å². The summed E-state index contributed by atoms with van der Waals surface area (Å²) in [6.07, 6.45) is 2.80. The number of nitrogens with one attached hydrogen (secondary N) is 1. The molecule has 0 aliphatic carbocycles. The molecule has 184 valence electrons. The molecule has 7 heteroatoms. The normalized spacial score (nSPS) is 20.4. The van der Waals surface area contributed by atoms with Gasteiger partial charge in [-0.1, -0.05) is 30.7 Å². The lowest BCUT2D eigenvalue weighted by atomic mass is 9.79. The van der Waals surface area contributed by atoms with Crippen LogP contribution >= 0.6 is 11.8 Å². The number of anilines is 2. The van der Waals surface area contributed by atoms with Crippen molar-refractivity contribution in [3.05, 3.63) is 63.6 Å². The minimum Gasteiger partial charge on any atom is -0.366 e. The van der Waals surface area contributed by atoms with Crippen LogP contribution in [-0.2, 0) is 9.59 Å². The van der Waals surface area contributed by atoms with E-state index in [2.05, 4.69) is 50.0 Å². The Bertz CT molecular complexity index is 1230. The molecule has 1 N–H and O–H groups in total. The van der Waals surface area contributed by atoms with Crippen LogP contribution < -0.4 is 10.2 Å². The fourth-order valence-corrected chi connectivity index (χ4v) is 6.11. The van der Waals surface area contributed by atoms with Gasteiger partial charge in [-0.05, 0) is 99.7 Å². The molecule has 2 aliphatic heterocycles. The van der Waals surface area contributed by atoms with Crippen molar-refractivity contribution in [3.63, 3.8) is 0 Å². The van der Waals surface area contributed by atoms with Crippen molar-refractivity contribution in [3.8, 4) is 0 Å². The van der Waals surface area contributed by atoms with Gasteiger partial charge in [0.05, 0.1) is 4.91 Å². The summed E-state index contributed by atoms with van der Waals surface area (Å²) in [7, 11) is 0. The fraction of sp³-hybridized carbons (Fsp3) is 0.393. The van der Waals surface area contributed by atoms with Gasteiger partial charge < -0.3 is 10.2 Å². The lowest BCUT2D eigenvalue weighted by molar-refractivity contribution is -0.127. The molecule has 1 atom stereocenters. The van der Waals surface area contributed by atoms with Crippen molar-refractivity contribution >= 4 is 46.3 Å². The summed E-state index contributed by atoms with van der Waals surface area (Å²) in [4.78, 5) is 41.9. The molecule has 0 bridgehead atoms. The van der Waals surface area contributed by atoms with E-state index in [1.165, 1.54) is 11.3 Å². The molecule has 2 aromatic rings. The summed E-state index contributed by atoms with van der Waals surface area (Å²) in [5, 5.41) is 2.38. The molecule has 3 amide bonds. The molecule has 4 rings (SSSR count). The number of nitrogens with zero attached hydrogens (tertiary/aromatic N) is 2. The molecule has 0 spiro atoms. The number of thioether (sulfide) groups is 1. The highest BCUT2D eigenvalue weighted by Crippen LogP contribution is 2.44. The number of amides is 3. The quantitative estimate of drug-likeness (QED) is 0.513. The first-order valence-corrected chi connectivity index (χ1v) is 12.9. The topological polar surface area (TPSA) is 69.7 Å². The molecular weight excluding hydrogens is 458 g/mol. The molecule has 6 nitrogen and oxygen atoms in total. The number of rotatable bonds is 5. The number of benzene rings is 2. The first kappa shape index (κ1) is 25.0. The van der Waals surface area contributed by atoms with E-state index < -0.39 is 17.1 Å². The second-order valence-corrected chi connectivity index (χ2v) is 11.1. The van der Waals surface area contributed by atoms with Gasteiger partial charge >= 0.3 is 0 Å². The number of fused-ring (bicyclic) bond motifs is 1. The summed E-state index contributed by atoms with van der Waals surface area (Å²) in [5.74, 6) is -0.441. The monoisotopic (exact) mass is 491 g/mol. The van der Waals surface area contributed by atoms with E-state index in [4.69, 9.17) is 0 Å². The van der Waals surface area contributed by atoms with Crippen LogP contribution in [0.5, 0.6) is 0 Å². The number of hydrogen-bond acceptors (Lipinski definition) is 5. The SMILES string of the molecule is CCN1c2ccc(/C=C3\SC(=O)N(CC(=O)Nc4ccc(C)cc4C)C3=O)cc2[C@@H](C)CC1(C)C. The van der Waals surface area contributed by atoms with Gasteiger partial charge in [0.2, 0.25) is 5.91 Å². The zero-order valence-corrected chi connectivity index (χ0v) is 22.1. The van der Waals surface area contributed by atoms with Gasteiger partial charge in [0.1, 0.15) is 6.54 Å². The summed E-state index contributed by atoms with van der Waals surface area (Å²) in [6, 6.07) is 11.9. The average Bonchev–Trinajstić information content (AvgIpc) is 3.03. The maximum atomic E-state index is 13.0. The third kappa shape index (κ3) is 5.01. The van der Waals surface area contributed by atoms with E-state index >= 15 is 0 Å². The molecule has 1 saturated heterocycles. The molecule has 0 saturated carbocycles. The lowest BCUT2D eigenvalue weighted by Gasteiger charge is -2.47. The van der Waals surface area contributed by atoms with Crippen LogP contribution in [0, 0.1) is 13.8 Å². The minimum atomic E-state index is -0.433. The van der Waals surface area contributed by atoms with Gasteiger partial charge in [0.15, 0.2) is 0 Å². The Morgan fingerprint density at radius 1 is 1.17 bits per heavy atom. The molecule has 2 aromatic carbocycles. The van der Waals surface area contributed by atoms with E-state index in [0.29, 0.717) is 16.5 Å². The minimum absolute atomic E-state index is 0.0863. The van der Waals surface area contributed by atoms with Crippen molar-refractivity contribution in [2.45, 2.75) is 59.4 Å². The van der Waals surface area contributed by atoms with Crippen LogP contribution in [0.25, 0.3) is 6.08 Å². The van der Waals surface area contributed by atoms with Crippen molar-refractivity contribution in [1.82, 2.24) is 4.90 Å². The summed E-state index contributed by atoms with van der Waals surface area (Å²) >= 11 is 0.881. The Kier molecular flexibility index (Phi) is 6.82. The van der Waals surface area contributed by atoms with Gasteiger partial charge in [-0.25, -0.2) is 0 Å². The van der Waals surface area contributed by atoms with Gasteiger partial charge in [0.25, 0.3) is 11.1 Å². The molecule has 1 fully saturated rings. The predicted octanol–water partition coefficient (Wildman–Crippen LogP) is 6.09. The van der Waals surface area contributed by atoms with Crippen molar-refractivity contribution in [1.29, 1.82) is 0 Å². The van der Waals surface area contributed by atoms with E-state index in [1.54, 1.807) is 6.08 Å². The second kappa shape index (κ2) is 9.53. The second-order valence-electron chi connectivity index (χ2n) is 10.1. The molecule has 2 heterocycles. The first-order valence-electron chi connectivity index (χ1n) is 12.0. The Morgan fingerprint density at radius 3 is 2.60 bits per heavy atom. The van der Waals surface area contributed by atoms with E-state index in [-0.39, 0.29) is 12.1 Å². The average molecular weight is 492 g/mol. The van der Waals surface area contributed by atoms with Crippen molar-refractivity contribution < 1.29 is 14.4 Å². The Balaban J connectivity index is 1.51. The number of hydrogen-bond donors (Lipinski definition) is 1. The van der Waals surface area contributed by atoms with Crippen molar-refractivity contribution in [2.24, 2.45) is 0 Å². The van der Waals surface area contributed by atoms with Gasteiger partial charge in [-0.3, -0.25) is 19.3 Å². The Labute approximate surface area is 211 Å². The highest BCUT2D eigenvalue weighted by molar-refractivity contribution is 8.18. The van der Waals surface area contributed by atoms with Gasteiger partial charge in [-0.15, -0.1) is 0 Å². The third-order valence-corrected chi connectivity index (χ3v) is 7.76. The zero-order valence-electron chi connectivity index (χ0n) is 21.3. The summed E-state index contributed by atoms with van der Waals surface area (Å²) in [6.45, 7) is 13.5. The molecule has 2 aliphatic rings. The number of carbonyl (C=O) groups is 3. The summed E-state index contributed by atoms with van der Waals surface area (Å²) < 4.78 is 0. The standard InChI is InChI=1S/C28H33N3O3S/c1-7-31-23-11-9-20(13-21(23)19(4)15-28(31,5)6)14-24-26(33)30(27(34)35-24)16-25(32)29-22-10-8-17(2)12-18(22)3/h8-14,19H,7,15-16H2,1-6H3,(H,29,32)/b24-14-/t19-/m0/s1. The Hall–Kier alpha value is -3.06. The van der Waals surface area contributed by atoms with E-state index in [0.717, 1.165) is 46.3 Å². The molecule has 0 aromatic heterocycles. The molecule has 35 heavy (non-hydrogen) atoms. The first-order chi connectivity index (χ1) is 16.5. The van der Waals surface area contributed by atoms with E-state index in [1.807, 2.05) is 38.1 Å². The Morgan fingerprint density at radius 2 is 1.91 bits per heavy atom. The smallest absolute Gasteiger partial charge is 0.294 e. The molecular formula is C28H33N3O3S. The fourth-order valence-electron chi connectivity index (χ4n) is 5.27. The third-order valence-electron chi connectivity index (χ3n) is 6.86. The molecule has 0 unspecified atom stereocenters. The van der Waals surface area contributed by atoms with Gasteiger partial charge in [0, 0.05) is 23.5 Å². The van der Waals surface area contributed by atoms with Crippen LogP contribution in [0.15, 0.2) is 41.3 Å². The maximum Gasteiger partial charge on any atom is 0.294 e. The number of imide groups is 1. The predicted molar refractivity (Wildman–Crippen MR) is 144 cm³/mol. The van der Waals surface area contributed by atoms with Crippen LogP contribution in [0.4, 0.5) is 16.2 Å². The van der Waals surface area contributed by atoms with Crippen molar-refractivity contribution in [2.75, 3.05) is 23.3 Å². The zero-order chi connectivity index (χ0) is 25.5. The highest BCUT2D eigenvalue weighted by atomic mass is 32.2. The summed E-state index contributed by atoms with van der Waals surface area (Å²) in [5.41, 5.74) is 6.16.